The lowest BCUT2D eigenvalue weighted by molar-refractivity contribution is 0.117. The standard InChI is InChI=1S/C16H22ClNO2/c17-13-4-1-11(2-5-13)15(19)7-8-18-9-12-3-6-16(20)14(12)10-18/h1-2,4-5,12,14-16,19-20H,3,6-10H2. The lowest BCUT2D eigenvalue weighted by Gasteiger charge is -2.20. The zero-order valence-corrected chi connectivity index (χ0v) is 12.3. The lowest BCUT2D eigenvalue weighted by atomic mass is 10.00. The number of benzene rings is 1. The van der Waals surface area contributed by atoms with Gasteiger partial charge >= 0.3 is 0 Å². The average Bonchev–Trinajstić information content (AvgIpc) is 2.99. The molecule has 1 aromatic rings. The van der Waals surface area contributed by atoms with E-state index in [1.54, 1.807) is 0 Å². The molecule has 0 spiro atoms. The van der Waals surface area contributed by atoms with Crippen molar-refractivity contribution in [1.82, 2.24) is 4.90 Å². The maximum Gasteiger partial charge on any atom is 0.0802 e. The fourth-order valence-corrected chi connectivity index (χ4v) is 3.79. The monoisotopic (exact) mass is 295 g/mol. The van der Waals surface area contributed by atoms with Crippen LogP contribution in [0.3, 0.4) is 0 Å². The quantitative estimate of drug-likeness (QED) is 0.897. The molecule has 1 aliphatic heterocycles. The summed E-state index contributed by atoms with van der Waals surface area (Å²) >= 11 is 5.85. The number of nitrogens with zero attached hydrogens (tertiary/aromatic N) is 1. The van der Waals surface area contributed by atoms with E-state index in [1.807, 2.05) is 24.3 Å². The molecule has 2 fully saturated rings. The van der Waals surface area contributed by atoms with Gasteiger partial charge in [0.1, 0.15) is 0 Å². The summed E-state index contributed by atoms with van der Waals surface area (Å²) < 4.78 is 0. The van der Waals surface area contributed by atoms with Crippen LogP contribution in [0.15, 0.2) is 24.3 Å². The van der Waals surface area contributed by atoms with Gasteiger partial charge in [-0.05, 0) is 42.9 Å². The largest absolute Gasteiger partial charge is 0.393 e. The summed E-state index contributed by atoms with van der Waals surface area (Å²) in [5.74, 6) is 1.13. The van der Waals surface area contributed by atoms with Gasteiger partial charge in [-0.2, -0.15) is 0 Å². The fraction of sp³-hybridized carbons (Fsp3) is 0.625. The third-order valence-electron chi connectivity index (χ3n) is 4.87. The van der Waals surface area contributed by atoms with Crippen LogP contribution in [0.2, 0.25) is 5.02 Å². The van der Waals surface area contributed by atoms with Gasteiger partial charge in [0.2, 0.25) is 0 Å². The first-order chi connectivity index (χ1) is 9.63. The third-order valence-corrected chi connectivity index (χ3v) is 5.12. The summed E-state index contributed by atoms with van der Waals surface area (Å²) in [5, 5.41) is 20.8. The number of fused-ring (bicyclic) bond motifs is 1. The second kappa shape index (κ2) is 6.02. The van der Waals surface area contributed by atoms with Crippen molar-refractivity contribution in [3.63, 3.8) is 0 Å². The molecule has 3 rings (SSSR count). The Labute approximate surface area is 125 Å². The number of aliphatic hydroxyl groups is 2. The van der Waals surface area contributed by atoms with Gasteiger partial charge in [0, 0.05) is 30.6 Å². The molecule has 1 saturated carbocycles. The topological polar surface area (TPSA) is 43.7 Å². The van der Waals surface area contributed by atoms with Crippen molar-refractivity contribution in [3.05, 3.63) is 34.9 Å². The van der Waals surface area contributed by atoms with Crippen LogP contribution < -0.4 is 0 Å². The summed E-state index contributed by atoms with van der Waals surface area (Å²) in [6.45, 7) is 2.96. The third kappa shape index (κ3) is 3.01. The lowest BCUT2D eigenvalue weighted by Crippen LogP contribution is -2.26. The summed E-state index contributed by atoms with van der Waals surface area (Å²) in [6, 6.07) is 7.40. The summed E-state index contributed by atoms with van der Waals surface area (Å²) in [4.78, 5) is 2.39. The minimum atomic E-state index is -0.433. The number of halogens is 1. The van der Waals surface area contributed by atoms with Gasteiger partial charge in [-0.15, -0.1) is 0 Å². The van der Waals surface area contributed by atoms with E-state index in [9.17, 15) is 10.2 Å². The second-order valence-corrected chi connectivity index (χ2v) is 6.62. The molecule has 0 bridgehead atoms. The molecule has 0 aromatic heterocycles. The van der Waals surface area contributed by atoms with Gasteiger partial charge in [-0.25, -0.2) is 0 Å². The minimum Gasteiger partial charge on any atom is -0.393 e. The number of rotatable bonds is 4. The zero-order chi connectivity index (χ0) is 14.1. The van der Waals surface area contributed by atoms with E-state index in [4.69, 9.17) is 11.6 Å². The van der Waals surface area contributed by atoms with Gasteiger partial charge in [0.15, 0.2) is 0 Å². The first kappa shape index (κ1) is 14.3. The SMILES string of the molecule is OC(CCN1CC2CCC(O)C2C1)c1ccc(Cl)cc1. The fourth-order valence-electron chi connectivity index (χ4n) is 3.67. The highest BCUT2D eigenvalue weighted by atomic mass is 35.5. The summed E-state index contributed by atoms with van der Waals surface area (Å²) in [6.07, 6.45) is 2.32. The molecule has 0 radical (unpaired) electrons. The molecule has 1 aromatic carbocycles. The normalized spacial score (nSPS) is 31.4. The van der Waals surface area contributed by atoms with Gasteiger partial charge in [-0.1, -0.05) is 23.7 Å². The number of aliphatic hydroxyl groups excluding tert-OH is 2. The van der Waals surface area contributed by atoms with Crippen molar-refractivity contribution in [3.8, 4) is 0 Å². The van der Waals surface area contributed by atoms with Crippen molar-refractivity contribution >= 4 is 11.6 Å². The van der Waals surface area contributed by atoms with Crippen molar-refractivity contribution in [2.24, 2.45) is 11.8 Å². The van der Waals surface area contributed by atoms with Crippen LogP contribution in [0.1, 0.15) is 30.9 Å². The van der Waals surface area contributed by atoms with Crippen molar-refractivity contribution in [1.29, 1.82) is 0 Å². The van der Waals surface area contributed by atoms with Crippen LogP contribution in [0.4, 0.5) is 0 Å². The van der Waals surface area contributed by atoms with E-state index in [-0.39, 0.29) is 6.10 Å². The molecule has 2 aliphatic rings. The Bertz CT molecular complexity index is 450. The molecule has 0 amide bonds. The van der Waals surface area contributed by atoms with E-state index in [0.717, 1.165) is 44.5 Å². The first-order valence-electron chi connectivity index (χ1n) is 7.47. The molecule has 20 heavy (non-hydrogen) atoms. The molecular formula is C16H22ClNO2. The minimum absolute atomic E-state index is 0.105. The Morgan fingerprint density at radius 1 is 1.20 bits per heavy atom. The van der Waals surface area contributed by atoms with E-state index in [0.29, 0.717) is 16.9 Å². The smallest absolute Gasteiger partial charge is 0.0802 e. The van der Waals surface area contributed by atoms with Gasteiger partial charge < -0.3 is 15.1 Å². The predicted molar refractivity (Wildman–Crippen MR) is 79.7 cm³/mol. The first-order valence-corrected chi connectivity index (χ1v) is 7.85. The molecule has 4 heteroatoms. The molecule has 3 nitrogen and oxygen atoms in total. The van der Waals surface area contributed by atoms with E-state index in [1.165, 1.54) is 0 Å². The number of hydrogen-bond donors (Lipinski definition) is 2. The molecule has 110 valence electrons. The van der Waals surface area contributed by atoms with Crippen LogP contribution in [0.25, 0.3) is 0 Å². The van der Waals surface area contributed by atoms with E-state index >= 15 is 0 Å². The van der Waals surface area contributed by atoms with Gasteiger partial charge in [0.25, 0.3) is 0 Å². The molecule has 1 heterocycles. The molecule has 1 aliphatic carbocycles. The Hall–Kier alpha value is -0.610. The van der Waals surface area contributed by atoms with Crippen LogP contribution >= 0.6 is 11.6 Å². The molecule has 4 unspecified atom stereocenters. The van der Waals surface area contributed by atoms with Crippen LogP contribution in [0.5, 0.6) is 0 Å². The Balaban J connectivity index is 1.49. The Morgan fingerprint density at radius 3 is 2.65 bits per heavy atom. The maximum absolute atomic E-state index is 10.2. The number of likely N-dealkylation sites (tertiary alicyclic amines) is 1. The Kier molecular flexibility index (Phi) is 4.32. The molecule has 2 N–H and O–H groups in total. The Morgan fingerprint density at radius 2 is 1.95 bits per heavy atom. The van der Waals surface area contributed by atoms with E-state index < -0.39 is 6.10 Å². The summed E-state index contributed by atoms with van der Waals surface area (Å²) in [5.41, 5.74) is 0.925. The van der Waals surface area contributed by atoms with Crippen molar-refractivity contribution < 1.29 is 10.2 Å². The molecule has 1 saturated heterocycles. The van der Waals surface area contributed by atoms with Crippen LogP contribution in [0, 0.1) is 11.8 Å². The van der Waals surface area contributed by atoms with Gasteiger partial charge in [-0.3, -0.25) is 0 Å². The average molecular weight is 296 g/mol. The highest BCUT2D eigenvalue weighted by molar-refractivity contribution is 6.30. The van der Waals surface area contributed by atoms with Crippen molar-refractivity contribution in [2.45, 2.75) is 31.5 Å². The second-order valence-electron chi connectivity index (χ2n) is 6.18. The van der Waals surface area contributed by atoms with E-state index in [2.05, 4.69) is 4.90 Å². The maximum atomic E-state index is 10.2. The predicted octanol–water partition coefficient (Wildman–Crippen LogP) is 2.47. The zero-order valence-electron chi connectivity index (χ0n) is 11.6. The molecule has 4 atom stereocenters. The van der Waals surface area contributed by atoms with Crippen LogP contribution in [-0.2, 0) is 0 Å². The highest BCUT2D eigenvalue weighted by Gasteiger charge is 2.41. The van der Waals surface area contributed by atoms with Crippen molar-refractivity contribution in [2.75, 3.05) is 19.6 Å². The van der Waals surface area contributed by atoms with Gasteiger partial charge in [0.05, 0.1) is 12.2 Å². The van der Waals surface area contributed by atoms with Crippen LogP contribution in [-0.4, -0.2) is 40.9 Å². The number of hydrogen-bond acceptors (Lipinski definition) is 3. The summed E-state index contributed by atoms with van der Waals surface area (Å²) in [7, 11) is 0. The highest BCUT2D eigenvalue weighted by Crippen LogP contribution is 2.38. The molecular weight excluding hydrogens is 274 g/mol.